The van der Waals surface area contributed by atoms with Gasteiger partial charge in [0.05, 0.1) is 0 Å². The number of fused-ring (bicyclic) bond motifs is 5. The van der Waals surface area contributed by atoms with E-state index in [1.165, 1.54) is 14.2 Å². The van der Waals surface area contributed by atoms with Gasteiger partial charge in [0.1, 0.15) is 18.0 Å². The molecule has 0 saturated heterocycles. The molecule has 6 atom stereocenters. The fourth-order valence-corrected chi connectivity index (χ4v) is 7.32. The number of hydrogen-bond acceptors (Lipinski definition) is 8. The Morgan fingerprint density at radius 2 is 1.84 bits per heavy atom. The summed E-state index contributed by atoms with van der Waals surface area (Å²) in [6.07, 6.45) is 3.04. The largest absolute Gasteiger partial charge is 0.410 e. The Hall–Kier alpha value is -1.45. The topological polar surface area (TPSA) is 119 Å². The van der Waals surface area contributed by atoms with Crippen molar-refractivity contribution in [1.29, 1.82) is 0 Å². The second kappa shape index (κ2) is 7.81. The molecule has 0 aliphatic heterocycles. The van der Waals surface area contributed by atoms with Crippen molar-refractivity contribution in [3.8, 4) is 0 Å². The molecule has 0 bridgehead atoms. The van der Waals surface area contributed by atoms with E-state index in [-0.39, 0.29) is 47.6 Å². The van der Waals surface area contributed by atoms with Crippen molar-refractivity contribution in [2.75, 3.05) is 20.8 Å². The van der Waals surface area contributed by atoms with Gasteiger partial charge in [-0.25, -0.2) is 0 Å². The monoisotopic (exact) mass is 450 g/mol. The van der Waals surface area contributed by atoms with Gasteiger partial charge in [-0.05, 0) is 55.4 Å². The predicted octanol–water partition coefficient (Wildman–Crippen LogP) is 1.91. The summed E-state index contributed by atoms with van der Waals surface area (Å²) in [4.78, 5) is 38.7. The summed E-state index contributed by atoms with van der Waals surface area (Å²) >= 11 is 0. The fraction of sp³-hybridized carbons (Fsp3) is 0.792. The SMILES string of the molecule is COC(O)(OC)OCC(=O)[C@@]1(O)CC[C@H]2[C@@H]3CCC4=CC(=O)CC[C@]4(C)[C@H]3C(=O)C[C@@]21C. The van der Waals surface area contributed by atoms with Crippen LogP contribution >= 0.6 is 0 Å². The van der Waals surface area contributed by atoms with Crippen molar-refractivity contribution in [2.45, 2.75) is 70.6 Å². The van der Waals surface area contributed by atoms with Crippen molar-refractivity contribution in [2.24, 2.45) is 28.6 Å². The number of ether oxygens (including phenoxy) is 3. The maximum absolute atomic E-state index is 13.6. The summed E-state index contributed by atoms with van der Waals surface area (Å²) in [7, 11) is 2.33. The molecule has 0 aromatic carbocycles. The lowest BCUT2D eigenvalue weighted by atomic mass is 9.46. The molecule has 178 valence electrons. The van der Waals surface area contributed by atoms with E-state index >= 15 is 0 Å². The standard InChI is InChI=1S/C24H34O8/c1-21-9-7-15(25)11-14(21)5-6-16-17-8-10-23(28,22(17,2)12-18(26)20(16)21)19(27)13-32-24(29,30-3)31-4/h11,16-17,20,28-29H,5-10,12-13H2,1-4H3/t16-,17-,20+,21-,22-,23-/m0/s1. The van der Waals surface area contributed by atoms with Crippen LogP contribution in [0.1, 0.15) is 58.8 Å². The molecule has 0 radical (unpaired) electrons. The molecule has 0 heterocycles. The third kappa shape index (κ3) is 3.26. The summed E-state index contributed by atoms with van der Waals surface area (Å²) in [5.74, 6) is -0.498. The molecule has 8 nitrogen and oxygen atoms in total. The number of carbonyl (C=O) groups excluding carboxylic acids is 3. The van der Waals surface area contributed by atoms with E-state index in [0.29, 0.717) is 19.3 Å². The lowest BCUT2D eigenvalue weighted by Crippen LogP contribution is -2.61. The summed E-state index contributed by atoms with van der Waals surface area (Å²) in [6, 6.07) is 0. The normalized spacial score (nSPS) is 41.6. The van der Waals surface area contributed by atoms with Gasteiger partial charge in [0.15, 0.2) is 11.6 Å². The molecule has 4 aliphatic rings. The Bertz CT molecular complexity index is 860. The summed E-state index contributed by atoms with van der Waals surface area (Å²) in [6.45, 7) is 3.35. The van der Waals surface area contributed by atoms with Crippen LogP contribution in [0.15, 0.2) is 11.6 Å². The second-order valence-electron chi connectivity index (χ2n) is 10.4. The zero-order valence-electron chi connectivity index (χ0n) is 19.3. The lowest BCUT2D eigenvalue weighted by molar-refractivity contribution is -0.469. The third-order valence-electron chi connectivity index (χ3n) is 9.17. The van der Waals surface area contributed by atoms with Crippen molar-refractivity contribution in [3.63, 3.8) is 0 Å². The van der Waals surface area contributed by atoms with Crippen LogP contribution in [0.4, 0.5) is 0 Å². The van der Waals surface area contributed by atoms with Gasteiger partial charge < -0.3 is 19.7 Å². The van der Waals surface area contributed by atoms with Gasteiger partial charge in [-0.15, -0.1) is 0 Å². The molecule has 32 heavy (non-hydrogen) atoms. The number of methoxy groups -OCH3 is 2. The highest BCUT2D eigenvalue weighted by molar-refractivity contribution is 5.94. The van der Waals surface area contributed by atoms with Gasteiger partial charge in [0, 0.05) is 38.4 Å². The van der Waals surface area contributed by atoms with E-state index < -0.39 is 29.6 Å². The third-order valence-corrected chi connectivity index (χ3v) is 9.17. The highest BCUT2D eigenvalue weighted by Gasteiger charge is 2.68. The molecule has 2 N–H and O–H groups in total. The van der Waals surface area contributed by atoms with E-state index in [0.717, 1.165) is 18.4 Å². The number of Topliss-reactive ketones (excluding diaryl/α,β-unsaturated/α-hetero) is 2. The maximum atomic E-state index is 13.6. The quantitative estimate of drug-likeness (QED) is 0.589. The molecule has 0 amide bonds. The number of carbonyl (C=O) groups is 3. The van der Waals surface area contributed by atoms with Crippen LogP contribution in [-0.2, 0) is 28.6 Å². The molecule has 8 heteroatoms. The Balaban J connectivity index is 1.60. The Labute approximate surface area is 188 Å². The number of aliphatic hydroxyl groups is 2. The molecule has 0 unspecified atom stereocenters. The molecule has 0 spiro atoms. The van der Waals surface area contributed by atoms with Crippen molar-refractivity contribution >= 4 is 17.3 Å². The van der Waals surface area contributed by atoms with E-state index in [1.54, 1.807) is 6.08 Å². The van der Waals surface area contributed by atoms with Gasteiger partial charge in [0.2, 0.25) is 0 Å². The van der Waals surface area contributed by atoms with Crippen LogP contribution in [0.3, 0.4) is 0 Å². The Kier molecular flexibility index (Phi) is 5.78. The molecule has 0 aromatic rings. The molecule has 0 aromatic heterocycles. The first kappa shape index (κ1) is 23.7. The van der Waals surface area contributed by atoms with Crippen LogP contribution in [-0.4, -0.2) is 60.1 Å². The predicted molar refractivity (Wildman–Crippen MR) is 112 cm³/mol. The first-order valence-electron chi connectivity index (χ1n) is 11.4. The zero-order chi connectivity index (χ0) is 23.5. The fourth-order valence-electron chi connectivity index (χ4n) is 7.32. The first-order chi connectivity index (χ1) is 14.9. The van der Waals surface area contributed by atoms with Gasteiger partial charge in [-0.1, -0.05) is 19.4 Å². The minimum Gasteiger partial charge on any atom is -0.381 e. The van der Waals surface area contributed by atoms with Gasteiger partial charge >= 0.3 is 6.16 Å². The lowest BCUT2D eigenvalue weighted by Gasteiger charge is -2.57. The van der Waals surface area contributed by atoms with Crippen LogP contribution in [0, 0.1) is 28.6 Å². The van der Waals surface area contributed by atoms with Crippen molar-refractivity contribution in [1.82, 2.24) is 0 Å². The molecule has 3 saturated carbocycles. The molecule has 3 fully saturated rings. The van der Waals surface area contributed by atoms with E-state index in [9.17, 15) is 24.6 Å². The first-order valence-corrected chi connectivity index (χ1v) is 11.4. The smallest absolute Gasteiger partial charge is 0.381 e. The minimum absolute atomic E-state index is 0.0129. The zero-order valence-corrected chi connectivity index (χ0v) is 19.3. The van der Waals surface area contributed by atoms with Crippen molar-refractivity contribution < 1.29 is 38.8 Å². The number of allylic oxidation sites excluding steroid dienone is 1. The van der Waals surface area contributed by atoms with E-state index in [1.807, 2.05) is 6.92 Å². The molecular formula is C24H34O8. The van der Waals surface area contributed by atoms with Crippen LogP contribution in [0.25, 0.3) is 0 Å². The molecule has 4 rings (SSSR count). The average Bonchev–Trinajstić information content (AvgIpc) is 3.03. The number of hydrogen-bond donors (Lipinski definition) is 2. The highest BCUT2D eigenvalue weighted by atomic mass is 17.0. The Morgan fingerprint density at radius 1 is 1.16 bits per heavy atom. The summed E-state index contributed by atoms with van der Waals surface area (Å²) in [5, 5.41) is 21.6. The average molecular weight is 451 g/mol. The van der Waals surface area contributed by atoms with E-state index in [4.69, 9.17) is 14.2 Å². The summed E-state index contributed by atoms with van der Waals surface area (Å²) in [5.41, 5.74) is -1.88. The van der Waals surface area contributed by atoms with E-state index in [2.05, 4.69) is 6.92 Å². The van der Waals surface area contributed by atoms with Gasteiger partial charge in [0.25, 0.3) is 0 Å². The highest BCUT2D eigenvalue weighted by Crippen LogP contribution is 2.66. The maximum Gasteiger partial charge on any atom is 0.410 e. The van der Waals surface area contributed by atoms with Crippen LogP contribution in [0.5, 0.6) is 0 Å². The molecule has 4 aliphatic carbocycles. The Morgan fingerprint density at radius 3 is 2.50 bits per heavy atom. The van der Waals surface area contributed by atoms with Crippen LogP contribution in [0.2, 0.25) is 0 Å². The number of ketones is 3. The van der Waals surface area contributed by atoms with Crippen molar-refractivity contribution in [3.05, 3.63) is 11.6 Å². The van der Waals surface area contributed by atoms with Gasteiger partial charge in [-0.2, -0.15) is 0 Å². The van der Waals surface area contributed by atoms with Gasteiger partial charge in [-0.3, -0.25) is 19.1 Å². The molecular weight excluding hydrogens is 416 g/mol. The minimum atomic E-state index is -2.38. The summed E-state index contributed by atoms with van der Waals surface area (Å²) < 4.78 is 14.5. The second-order valence-corrected chi connectivity index (χ2v) is 10.4. The van der Waals surface area contributed by atoms with Crippen LogP contribution < -0.4 is 0 Å². The number of rotatable bonds is 6.